The molecule has 1 saturated heterocycles. The van der Waals surface area contributed by atoms with Gasteiger partial charge in [0, 0.05) is 19.1 Å². The molecular weight excluding hydrogens is 248 g/mol. The fourth-order valence-electron chi connectivity index (χ4n) is 2.07. The topological polar surface area (TPSA) is 49.4 Å². The van der Waals surface area contributed by atoms with Gasteiger partial charge in [-0.25, -0.2) is 12.7 Å². The molecule has 1 atom stereocenters. The van der Waals surface area contributed by atoms with Crippen LogP contribution in [0.25, 0.3) is 0 Å². The molecule has 1 heterocycles. The Labute approximate surface area is 104 Å². The van der Waals surface area contributed by atoms with Gasteiger partial charge in [0.25, 0.3) is 0 Å². The third kappa shape index (κ3) is 3.58. The van der Waals surface area contributed by atoms with Gasteiger partial charge in [-0.3, -0.25) is 0 Å². The fraction of sp³-hybridized carbons (Fsp3) is 1.00. The van der Waals surface area contributed by atoms with Crippen LogP contribution < -0.4 is 5.32 Å². The predicted molar refractivity (Wildman–Crippen MR) is 67.4 cm³/mol. The summed E-state index contributed by atoms with van der Waals surface area (Å²) in [6.45, 7) is 1.35. The Morgan fingerprint density at radius 1 is 1.31 bits per heavy atom. The number of rotatable bonds is 5. The first-order chi connectivity index (χ1) is 7.12. The molecule has 2 aliphatic rings. The Hall–Kier alpha value is 0.160. The van der Waals surface area contributed by atoms with Crippen molar-refractivity contribution in [1.82, 2.24) is 9.62 Å². The standard InChI is InChI=1S/C10H20N2O2S.ClH/c1-11-10-4-6-12(8-10)15(13,14)7-5-9-2-3-9;/h9-11H,2-8H2,1H3;1H. The van der Waals surface area contributed by atoms with Crippen molar-refractivity contribution < 1.29 is 8.42 Å². The first-order valence-electron chi connectivity index (χ1n) is 5.77. The van der Waals surface area contributed by atoms with Crippen LogP contribution in [-0.2, 0) is 10.0 Å². The highest BCUT2D eigenvalue weighted by molar-refractivity contribution is 7.89. The highest BCUT2D eigenvalue weighted by Crippen LogP contribution is 2.33. The van der Waals surface area contributed by atoms with Crippen LogP contribution in [-0.4, -0.2) is 44.7 Å². The third-order valence-corrected chi connectivity index (χ3v) is 5.30. The molecule has 1 N–H and O–H groups in total. The second-order valence-electron chi connectivity index (χ2n) is 4.68. The van der Waals surface area contributed by atoms with E-state index in [-0.39, 0.29) is 12.4 Å². The van der Waals surface area contributed by atoms with Crippen LogP contribution in [0.1, 0.15) is 25.7 Å². The summed E-state index contributed by atoms with van der Waals surface area (Å²) in [5.74, 6) is 1.05. The largest absolute Gasteiger partial charge is 0.316 e. The highest BCUT2D eigenvalue weighted by Gasteiger charge is 2.32. The van der Waals surface area contributed by atoms with Crippen molar-refractivity contribution in [2.24, 2.45) is 5.92 Å². The number of nitrogens with zero attached hydrogens (tertiary/aromatic N) is 1. The van der Waals surface area contributed by atoms with Crippen LogP contribution in [0.3, 0.4) is 0 Å². The average molecular weight is 269 g/mol. The Morgan fingerprint density at radius 3 is 2.50 bits per heavy atom. The number of likely N-dealkylation sites (N-methyl/N-ethyl adjacent to an activating group) is 1. The molecule has 0 spiro atoms. The lowest BCUT2D eigenvalue weighted by atomic mass is 10.3. The molecule has 2 rings (SSSR count). The zero-order valence-corrected chi connectivity index (χ0v) is 11.3. The molecule has 0 amide bonds. The van der Waals surface area contributed by atoms with Gasteiger partial charge in [0.1, 0.15) is 0 Å². The van der Waals surface area contributed by atoms with E-state index < -0.39 is 10.0 Å². The van der Waals surface area contributed by atoms with E-state index in [4.69, 9.17) is 0 Å². The maximum Gasteiger partial charge on any atom is 0.214 e. The predicted octanol–water partition coefficient (Wildman–Crippen LogP) is 0.832. The fourth-order valence-corrected chi connectivity index (χ4v) is 3.75. The lowest BCUT2D eigenvalue weighted by Crippen LogP contribution is -2.34. The van der Waals surface area contributed by atoms with Gasteiger partial charge < -0.3 is 5.32 Å². The van der Waals surface area contributed by atoms with Gasteiger partial charge in [-0.1, -0.05) is 12.8 Å². The zero-order chi connectivity index (χ0) is 10.9. The van der Waals surface area contributed by atoms with E-state index in [0.29, 0.717) is 30.8 Å². The molecule has 96 valence electrons. The van der Waals surface area contributed by atoms with E-state index in [1.54, 1.807) is 4.31 Å². The molecular formula is C10H21ClN2O2S. The van der Waals surface area contributed by atoms with Crippen LogP contribution in [0.2, 0.25) is 0 Å². The highest BCUT2D eigenvalue weighted by atomic mass is 35.5. The third-order valence-electron chi connectivity index (χ3n) is 3.43. The molecule has 1 aliphatic heterocycles. The van der Waals surface area contributed by atoms with E-state index in [2.05, 4.69) is 5.32 Å². The molecule has 4 nitrogen and oxygen atoms in total. The van der Waals surface area contributed by atoms with Crippen LogP contribution in [0.15, 0.2) is 0 Å². The summed E-state index contributed by atoms with van der Waals surface area (Å²) in [7, 11) is -1.07. The Balaban J connectivity index is 0.00000128. The summed E-state index contributed by atoms with van der Waals surface area (Å²) >= 11 is 0. The summed E-state index contributed by atoms with van der Waals surface area (Å²) in [5, 5.41) is 3.14. The van der Waals surface area contributed by atoms with E-state index in [1.807, 2.05) is 7.05 Å². The first-order valence-corrected chi connectivity index (χ1v) is 7.38. The molecule has 0 aromatic heterocycles. The molecule has 0 aromatic rings. The molecule has 1 unspecified atom stereocenters. The second kappa shape index (κ2) is 5.67. The van der Waals surface area contributed by atoms with E-state index >= 15 is 0 Å². The summed E-state index contributed by atoms with van der Waals surface area (Å²) in [4.78, 5) is 0. The number of hydrogen-bond acceptors (Lipinski definition) is 3. The molecule has 0 aromatic carbocycles. The van der Waals surface area contributed by atoms with Crippen LogP contribution in [0.4, 0.5) is 0 Å². The van der Waals surface area contributed by atoms with Gasteiger partial charge in [-0.15, -0.1) is 12.4 Å². The monoisotopic (exact) mass is 268 g/mol. The molecule has 16 heavy (non-hydrogen) atoms. The summed E-state index contributed by atoms with van der Waals surface area (Å²) in [6, 6.07) is 0.348. The van der Waals surface area contributed by atoms with E-state index in [0.717, 1.165) is 12.8 Å². The van der Waals surface area contributed by atoms with Crippen LogP contribution in [0, 0.1) is 5.92 Å². The molecule has 0 bridgehead atoms. The lowest BCUT2D eigenvalue weighted by molar-refractivity contribution is 0.462. The Kier molecular flexibility index (Phi) is 5.04. The number of sulfonamides is 1. The minimum absolute atomic E-state index is 0. The normalized spacial score (nSPS) is 26.7. The van der Waals surface area contributed by atoms with Gasteiger partial charge in [-0.2, -0.15) is 0 Å². The molecule has 1 aliphatic carbocycles. The number of halogens is 1. The average Bonchev–Trinajstić information content (AvgIpc) is 2.90. The van der Waals surface area contributed by atoms with Gasteiger partial charge >= 0.3 is 0 Å². The second-order valence-corrected chi connectivity index (χ2v) is 6.77. The van der Waals surface area contributed by atoms with E-state index in [1.165, 1.54) is 12.8 Å². The van der Waals surface area contributed by atoms with Gasteiger partial charge in [0.2, 0.25) is 10.0 Å². The Bertz CT molecular complexity index is 317. The van der Waals surface area contributed by atoms with E-state index in [9.17, 15) is 8.42 Å². The first kappa shape index (κ1) is 14.2. The van der Waals surface area contributed by atoms with Gasteiger partial charge in [0.05, 0.1) is 5.75 Å². The van der Waals surface area contributed by atoms with Crippen molar-refractivity contribution in [3.05, 3.63) is 0 Å². The zero-order valence-electron chi connectivity index (χ0n) is 9.68. The number of nitrogens with one attached hydrogen (secondary N) is 1. The van der Waals surface area contributed by atoms with Gasteiger partial charge in [-0.05, 0) is 25.8 Å². The summed E-state index contributed by atoms with van der Waals surface area (Å²) in [5.41, 5.74) is 0. The van der Waals surface area contributed by atoms with Crippen molar-refractivity contribution in [1.29, 1.82) is 0 Å². The quantitative estimate of drug-likeness (QED) is 0.804. The minimum Gasteiger partial charge on any atom is -0.316 e. The van der Waals surface area contributed by atoms with Crippen molar-refractivity contribution in [2.45, 2.75) is 31.7 Å². The molecule has 1 saturated carbocycles. The lowest BCUT2D eigenvalue weighted by Gasteiger charge is -2.16. The van der Waals surface area contributed by atoms with Crippen molar-refractivity contribution in [2.75, 3.05) is 25.9 Å². The molecule has 2 fully saturated rings. The maximum absolute atomic E-state index is 11.9. The molecule has 0 radical (unpaired) electrons. The van der Waals surface area contributed by atoms with Crippen LogP contribution in [0.5, 0.6) is 0 Å². The molecule has 6 heteroatoms. The minimum atomic E-state index is -2.96. The van der Waals surface area contributed by atoms with Crippen molar-refractivity contribution >= 4 is 22.4 Å². The Morgan fingerprint density at radius 2 is 2.00 bits per heavy atom. The van der Waals surface area contributed by atoms with Crippen molar-refractivity contribution in [3.8, 4) is 0 Å². The smallest absolute Gasteiger partial charge is 0.214 e. The van der Waals surface area contributed by atoms with Gasteiger partial charge in [0.15, 0.2) is 0 Å². The summed E-state index contributed by atoms with van der Waals surface area (Å²) in [6.07, 6.45) is 4.27. The SMILES string of the molecule is CNC1CCN(S(=O)(=O)CCC2CC2)C1.Cl. The maximum atomic E-state index is 11.9. The van der Waals surface area contributed by atoms with Crippen molar-refractivity contribution in [3.63, 3.8) is 0 Å². The number of hydrogen-bond donors (Lipinski definition) is 1. The van der Waals surface area contributed by atoms with Crippen LogP contribution >= 0.6 is 12.4 Å². The summed E-state index contributed by atoms with van der Waals surface area (Å²) < 4.78 is 25.5.